The number of nitrogens with zero attached hydrogens (tertiary/aromatic N) is 2. The molecule has 0 fully saturated rings. The predicted octanol–water partition coefficient (Wildman–Crippen LogP) is 4.05. The fourth-order valence-electron chi connectivity index (χ4n) is 4.32. The van der Waals surface area contributed by atoms with Crippen molar-refractivity contribution in [1.82, 2.24) is 20.6 Å². The van der Waals surface area contributed by atoms with E-state index in [9.17, 15) is 9.59 Å². The van der Waals surface area contributed by atoms with Gasteiger partial charge < -0.3 is 30.2 Å². The normalized spacial score (nSPS) is 11.2. The summed E-state index contributed by atoms with van der Waals surface area (Å²) in [5.74, 6) is 0.569. The molecule has 0 spiro atoms. The molecular weight excluding hydrogens is 534 g/mol. The van der Waals surface area contributed by atoms with Crippen molar-refractivity contribution < 1.29 is 23.8 Å². The highest BCUT2D eigenvalue weighted by Crippen LogP contribution is 2.29. The number of nitrogens with one attached hydrogen (secondary N) is 3. The Balaban J connectivity index is 1.45. The number of aryl methyl sites for hydroxylation is 1. The maximum absolute atomic E-state index is 13.3. The highest BCUT2D eigenvalue weighted by molar-refractivity contribution is 5.97. The van der Waals surface area contributed by atoms with Gasteiger partial charge in [0.25, 0.3) is 5.91 Å². The van der Waals surface area contributed by atoms with E-state index >= 15 is 0 Å². The van der Waals surface area contributed by atoms with Crippen LogP contribution >= 0.6 is 0 Å². The van der Waals surface area contributed by atoms with Gasteiger partial charge in [0, 0.05) is 37.0 Å². The van der Waals surface area contributed by atoms with E-state index in [1.807, 2.05) is 67.6 Å². The fourth-order valence-corrected chi connectivity index (χ4v) is 4.32. The SMILES string of the molecule is COc1ccc(NCCNC(=O)C(Cc2ccc(-c3cnc(OC)nc3OC)cc2)NC(=O)c2cccc(C)c2)cc1. The maximum Gasteiger partial charge on any atom is 0.319 e. The van der Waals surface area contributed by atoms with Gasteiger partial charge in [0.1, 0.15) is 11.8 Å². The average Bonchev–Trinajstić information content (AvgIpc) is 3.03. The van der Waals surface area contributed by atoms with Crippen molar-refractivity contribution in [3.63, 3.8) is 0 Å². The van der Waals surface area contributed by atoms with Gasteiger partial charge >= 0.3 is 6.01 Å². The maximum atomic E-state index is 13.3. The molecule has 0 saturated heterocycles. The second-order valence-corrected chi connectivity index (χ2v) is 9.52. The number of anilines is 1. The number of carbonyl (C=O) groups is 2. The highest BCUT2D eigenvalue weighted by Gasteiger charge is 2.22. The summed E-state index contributed by atoms with van der Waals surface area (Å²) in [5.41, 5.74) is 4.78. The second kappa shape index (κ2) is 14.5. The van der Waals surface area contributed by atoms with E-state index < -0.39 is 6.04 Å². The molecular formula is C32H35N5O5. The van der Waals surface area contributed by atoms with Crippen molar-refractivity contribution in [2.75, 3.05) is 39.7 Å². The van der Waals surface area contributed by atoms with Crippen LogP contribution in [-0.4, -0.2) is 62.2 Å². The zero-order valence-corrected chi connectivity index (χ0v) is 24.1. The summed E-state index contributed by atoms with van der Waals surface area (Å²) < 4.78 is 15.7. The molecule has 3 aromatic carbocycles. The number of ether oxygens (including phenoxy) is 3. The van der Waals surface area contributed by atoms with Gasteiger partial charge in [0.05, 0.1) is 26.9 Å². The van der Waals surface area contributed by atoms with E-state index in [-0.39, 0.29) is 17.8 Å². The van der Waals surface area contributed by atoms with Gasteiger partial charge in [0.2, 0.25) is 11.8 Å². The zero-order valence-electron chi connectivity index (χ0n) is 24.1. The van der Waals surface area contributed by atoms with Crippen LogP contribution in [0, 0.1) is 6.92 Å². The molecule has 0 saturated carbocycles. The molecule has 10 heteroatoms. The monoisotopic (exact) mass is 569 g/mol. The van der Waals surface area contributed by atoms with Crippen LogP contribution < -0.4 is 30.2 Å². The molecule has 0 bridgehead atoms. The molecule has 1 unspecified atom stereocenters. The van der Waals surface area contributed by atoms with Crippen LogP contribution in [0.5, 0.6) is 17.6 Å². The summed E-state index contributed by atoms with van der Waals surface area (Å²) in [5, 5.41) is 9.12. The summed E-state index contributed by atoms with van der Waals surface area (Å²) in [4.78, 5) is 34.8. The van der Waals surface area contributed by atoms with Crippen LogP contribution in [0.4, 0.5) is 5.69 Å². The van der Waals surface area contributed by atoms with E-state index in [2.05, 4.69) is 25.9 Å². The Morgan fingerprint density at radius 3 is 2.31 bits per heavy atom. The van der Waals surface area contributed by atoms with Crippen molar-refractivity contribution in [3.05, 3.63) is 95.7 Å². The smallest absolute Gasteiger partial charge is 0.319 e. The predicted molar refractivity (Wildman–Crippen MR) is 161 cm³/mol. The van der Waals surface area contributed by atoms with E-state index in [0.717, 1.165) is 28.1 Å². The van der Waals surface area contributed by atoms with Crippen LogP contribution in [0.3, 0.4) is 0 Å². The highest BCUT2D eigenvalue weighted by atomic mass is 16.5. The molecule has 218 valence electrons. The lowest BCUT2D eigenvalue weighted by Gasteiger charge is -2.19. The first-order valence-corrected chi connectivity index (χ1v) is 13.5. The van der Waals surface area contributed by atoms with Crippen molar-refractivity contribution in [2.45, 2.75) is 19.4 Å². The minimum atomic E-state index is -0.788. The van der Waals surface area contributed by atoms with Crippen LogP contribution in [-0.2, 0) is 11.2 Å². The standard InChI is InChI=1S/C32H35N5O5/c1-21-6-5-7-24(18-21)29(38)36-28(30(39)34-17-16-33-25-12-14-26(40-2)15-13-25)19-22-8-10-23(11-9-22)27-20-35-32(42-4)37-31(27)41-3/h5-15,18,20,28,33H,16-17,19H2,1-4H3,(H,34,39)(H,36,38). The first-order chi connectivity index (χ1) is 20.4. The van der Waals surface area contributed by atoms with E-state index in [0.29, 0.717) is 36.5 Å². The first-order valence-electron chi connectivity index (χ1n) is 13.5. The number of aromatic nitrogens is 2. The summed E-state index contributed by atoms with van der Waals surface area (Å²) in [7, 11) is 4.64. The Morgan fingerprint density at radius 1 is 0.881 bits per heavy atom. The lowest BCUT2D eigenvalue weighted by molar-refractivity contribution is -0.122. The number of amides is 2. The van der Waals surface area contributed by atoms with Crippen LogP contribution in [0.2, 0.25) is 0 Å². The summed E-state index contributed by atoms with van der Waals surface area (Å²) in [6, 6.07) is 21.8. The number of methoxy groups -OCH3 is 3. The van der Waals surface area contributed by atoms with Crippen LogP contribution in [0.1, 0.15) is 21.5 Å². The molecule has 1 aromatic heterocycles. The lowest BCUT2D eigenvalue weighted by Crippen LogP contribution is -2.48. The first kappa shape index (κ1) is 29.9. The molecule has 0 aliphatic rings. The molecule has 0 radical (unpaired) electrons. The van der Waals surface area contributed by atoms with Gasteiger partial charge in [-0.05, 0) is 54.4 Å². The van der Waals surface area contributed by atoms with E-state index in [4.69, 9.17) is 14.2 Å². The van der Waals surface area contributed by atoms with Gasteiger partial charge in [0.15, 0.2) is 0 Å². The van der Waals surface area contributed by atoms with Crippen molar-refractivity contribution in [1.29, 1.82) is 0 Å². The molecule has 0 aliphatic carbocycles. The van der Waals surface area contributed by atoms with Gasteiger partial charge in [-0.3, -0.25) is 9.59 Å². The molecule has 3 N–H and O–H groups in total. The van der Waals surface area contributed by atoms with Gasteiger partial charge in [-0.1, -0.05) is 42.0 Å². The zero-order chi connectivity index (χ0) is 29.9. The Bertz CT molecular complexity index is 1490. The average molecular weight is 570 g/mol. The molecule has 10 nitrogen and oxygen atoms in total. The fraction of sp³-hybridized carbons (Fsp3) is 0.250. The van der Waals surface area contributed by atoms with Gasteiger partial charge in [-0.25, -0.2) is 4.98 Å². The van der Waals surface area contributed by atoms with Gasteiger partial charge in [-0.15, -0.1) is 0 Å². The topological polar surface area (TPSA) is 124 Å². The largest absolute Gasteiger partial charge is 0.497 e. The van der Waals surface area contributed by atoms with Crippen molar-refractivity contribution >= 4 is 17.5 Å². The molecule has 42 heavy (non-hydrogen) atoms. The van der Waals surface area contributed by atoms with E-state index in [1.165, 1.54) is 14.2 Å². The molecule has 0 aliphatic heterocycles. The van der Waals surface area contributed by atoms with Crippen molar-refractivity contribution in [3.8, 4) is 28.8 Å². The minimum Gasteiger partial charge on any atom is -0.497 e. The van der Waals surface area contributed by atoms with Crippen LogP contribution in [0.15, 0.2) is 79.0 Å². The number of carbonyl (C=O) groups excluding carboxylic acids is 2. The number of hydrogen-bond acceptors (Lipinski definition) is 8. The minimum absolute atomic E-state index is 0.213. The molecule has 4 rings (SSSR count). The second-order valence-electron chi connectivity index (χ2n) is 9.52. The third kappa shape index (κ3) is 7.97. The Morgan fingerprint density at radius 2 is 1.64 bits per heavy atom. The van der Waals surface area contributed by atoms with Crippen molar-refractivity contribution in [2.24, 2.45) is 0 Å². The molecule has 4 aromatic rings. The summed E-state index contributed by atoms with van der Waals surface area (Å²) in [6.07, 6.45) is 1.93. The van der Waals surface area contributed by atoms with Gasteiger partial charge in [-0.2, -0.15) is 4.98 Å². The summed E-state index contributed by atoms with van der Waals surface area (Å²) in [6.45, 7) is 2.80. The van der Waals surface area contributed by atoms with Crippen LogP contribution in [0.25, 0.3) is 11.1 Å². The quantitative estimate of drug-likeness (QED) is 0.206. The molecule has 1 heterocycles. The summed E-state index contributed by atoms with van der Waals surface area (Å²) >= 11 is 0. The number of rotatable bonds is 13. The Labute approximate surface area is 245 Å². The molecule has 2 amide bonds. The lowest BCUT2D eigenvalue weighted by atomic mass is 10.0. The number of hydrogen-bond donors (Lipinski definition) is 3. The third-order valence-electron chi connectivity index (χ3n) is 6.56. The Hall–Kier alpha value is -5.12. The third-order valence-corrected chi connectivity index (χ3v) is 6.56. The Kier molecular flexibility index (Phi) is 10.3. The molecule has 1 atom stereocenters. The van der Waals surface area contributed by atoms with E-state index in [1.54, 1.807) is 25.4 Å². The number of benzene rings is 3.